The summed E-state index contributed by atoms with van der Waals surface area (Å²) in [7, 11) is 0. The topological polar surface area (TPSA) is 38.7 Å². The largest absolute Gasteiger partial charge is 0.490 e. The van der Waals surface area contributed by atoms with Gasteiger partial charge in [-0.1, -0.05) is 6.07 Å². The lowest BCUT2D eigenvalue weighted by atomic mass is 10.1. The molecule has 0 saturated heterocycles. The van der Waals surface area contributed by atoms with Crippen LogP contribution in [0.3, 0.4) is 0 Å². The zero-order valence-electron chi connectivity index (χ0n) is 11.0. The highest BCUT2D eigenvalue weighted by molar-refractivity contribution is 6.20. The lowest BCUT2D eigenvalue weighted by Crippen LogP contribution is -2.00. The molecule has 0 fully saturated rings. The first-order chi connectivity index (χ1) is 8.72. The van der Waals surface area contributed by atoms with Crippen LogP contribution in [0.1, 0.15) is 37.6 Å². The molecule has 0 saturated carbocycles. The molecule has 1 N–H and O–H groups in total. The minimum absolute atomic E-state index is 0.105. The molecular weight excluding hydrogens is 252 g/mol. The predicted molar refractivity (Wildman–Crippen MR) is 73.7 cm³/mol. The maximum Gasteiger partial charge on any atom is 0.161 e. The van der Waals surface area contributed by atoms with Gasteiger partial charge in [-0.2, -0.15) is 0 Å². The average molecular weight is 273 g/mol. The molecule has 1 aromatic rings. The van der Waals surface area contributed by atoms with Gasteiger partial charge < -0.3 is 14.6 Å². The van der Waals surface area contributed by atoms with Crippen molar-refractivity contribution in [2.24, 2.45) is 0 Å². The van der Waals surface area contributed by atoms with Gasteiger partial charge in [0.2, 0.25) is 0 Å². The minimum Gasteiger partial charge on any atom is -0.490 e. The van der Waals surface area contributed by atoms with E-state index in [9.17, 15) is 0 Å². The third-order valence-corrected chi connectivity index (χ3v) is 3.02. The zero-order valence-corrected chi connectivity index (χ0v) is 11.7. The van der Waals surface area contributed by atoms with Crippen LogP contribution in [0.15, 0.2) is 18.2 Å². The Morgan fingerprint density at radius 2 is 1.83 bits per heavy atom. The monoisotopic (exact) mass is 272 g/mol. The standard InChI is InChI=1S/C14H21ClO3/c1-3-17-13-8-7-11(10-14(13)18-4-2)12(15)6-5-9-16/h7-8,10,12,16H,3-6,9H2,1-2H3. The Labute approximate surface area is 114 Å². The van der Waals surface area contributed by atoms with Crippen LogP contribution in [0.2, 0.25) is 0 Å². The molecule has 1 rings (SSSR count). The number of aliphatic hydroxyl groups excluding tert-OH is 1. The van der Waals surface area contributed by atoms with Crippen LogP contribution in [0.4, 0.5) is 0 Å². The summed E-state index contributed by atoms with van der Waals surface area (Å²) < 4.78 is 11.0. The molecule has 4 heteroatoms. The zero-order chi connectivity index (χ0) is 13.4. The van der Waals surface area contributed by atoms with Crippen LogP contribution in [0, 0.1) is 0 Å². The molecule has 0 aromatic heterocycles. The van der Waals surface area contributed by atoms with Crippen LogP contribution in [-0.4, -0.2) is 24.9 Å². The molecule has 1 atom stereocenters. The van der Waals surface area contributed by atoms with E-state index in [2.05, 4.69) is 0 Å². The molecule has 0 spiro atoms. The molecule has 1 aromatic carbocycles. The molecule has 102 valence electrons. The van der Waals surface area contributed by atoms with Crippen LogP contribution in [0.5, 0.6) is 11.5 Å². The highest BCUT2D eigenvalue weighted by atomic mass is 35.5. The van der Waals surface area contributed by atoms with E-state index in [4.69, 9.17) is 26.2 Å². The second-order valence-electron chi connectivity index (χ2n) is 3.91. The highest BCUT2D eigenvalue weighted by Gasteiger charge is 2.12. The summed E-state index contributed by atoms with van der Waals surface area (Å²) in [6, 6.07) is 5.75. The number of aliphatic hydroxyl groups is 1. The van der Waals surface area contributed by atoms with E-state index in [0.29, 0.717) is 19.6 Å². The number of ether oxygens (including phenoxy) is 2. The maximum absolute atomic E-state index is 8.81. The smallest absolute Gasteiger partial charge is 0.161 e. The molecule has 0 aliphatic rings. The molecule has 0 aliphatic carbocycles. The van der Waals surface area contributed by atoms with Crippen molar-refractivity contribution in [3.05, 3.63) is 23.8 Å². The van der Waals surface area contributed by atoms with E-state index in [0.717, 1.165) is 23.5 Å². The predicted octanol–water partition coefficient (Wildman–Crippen LogP) is 3.54. The van der Waals surface area contributed by atoms with Crippen LogP contribution in [-0.2, 0) is 0 Å². The first kappa shape index (κ1) is 15.1. The Morgan fingerprint density at radius 3 is 2.44 bits per heavy atom. The number of rotatable bonds is 8. The van der Waals surface area contributed by atoms with Gasteiger partial charge in [-0.05, 0) is 44.4 Å². The van der Waals surface area contributed by atoms with E-state index < -0.39 is 0 Å². The van der Waals surface area contributed by atoms with Gasteiger partial charge in [-0.15, -0.1) is 11.6 Å². The first-order valence-electron chi connectivity index (χ1n) is 6.37. The van der Waals surface area contributed by atoms with Crippen molar-refractivity contribution in [2.45, 2.75) is 32.1 Å². The van der Waals surface area contributed by atoms with Gasteiger partial charge >= 0.3 is 0 Å². The van der Waals surface area contributed by atoms with Crippen molar-refractivity contribution < 1.29 is 14.6 Å². The van der Waals surface area contributed by atoms with Crippen molar-refractivity contribution in [1.82, 2.24) is 0 Å². The Morgan fingerprint density at radius 1 is 1.17 bits per heavy atom. The Bertz CT molecular complexity index is 355. The summed E-state index contributed by atoms with van der Waals surface area (Å²) >= 11 is 6.28. The molecule has 18 heavy (non-hydrogen) atoms. The molecule has 0 aliphatic heterocycles. The molecule has 0 amide bonds. The fourth-order valence-corrected chi connectivity index (χ4v) is 1.99. The van der Waals surface area contributed by atoms with E-state index in [1.807, 2.05) is 32.0 Å². The van der Waals surface area contributed by atoms with Gasteiger partial charge in [0.05, 0.1) is 18.6 Å². The van der Waals surface area contributed by atoms with Crippen molar-refractivity contribution in [3.8, 4) is 11.5 Å². The second kappa shape index (κ2) is 8.22. The molecule has 0 bridgehead atoms. The fraction of sp³-hybridized carbons (Fsp3) is 0.571. The number of hydrogen-bond donors (Lipinski definition) is 1. The summed E-state index contributed by atoms with van der Waals surface area (Å²) in [5.41, 5.74) is 0.997. The van der Waals surface area contributed by atoms with Gasteiger partial charge in [0.15, 0.2) is 11.5 Å². The number of halogens is 1. The average Bonchev–Trinajstić information content (AvgIpc) is 2.38. The van der Waals surface area contributed by atoms with Gasteiger partial charge in [0, 0.05) is 6.61 Å². The van der Waals surface area contributed by atoms with E-state index >= 15 is 0 Å². The van der Waals surface area contributed by atoms with Crippen molar-refractivity contribution in [1.29, 1.82) is 0 Å². The molecule has 3 nitrogen and oxygen atoms in total. The van der Waals surface area contributed by atoms with E-state index in [1.165, 1.54) is 0 Å². The van der Waals surface area contributed by atoms with Crippen LogP contribution in [0.25, 0.3) is 0 Å². The SMILES string of the molecule is CCOc1ccc(C(Cl)CCCO)cc1OCC. The van der Waals surface area contributed by atoms with Gasteiger partial charge in [0.1, 0.15) is 0 Å². The second-order valence-corrected chi connectivity index (χ2v) is 4.43. The maximum atomic E-state index is 8.81. The van der Waals surface area contributed by atoms with Crippen molar-refractivity contribution in [2.75, 3.05) is 19.8 Å². The van der Waals surface area contributed by atoms with E-state index in [-0.39, 0.29) is 12.0 Å². The minimum atomic E-state index is -0.105. The first-order valence-corrected chi connectivity index (χ1v) is 6.81. The van der Waals surface area contributed by atoms with Gasteiger partial charge in [-0.25, -0.2) is 0 Å². The third-order valence-electron chi connectivity index (χ3n) is 2.54. The summed E-state index contributed by atoms with van der Waals surface area (Å²) in [6.45, 7) is 5.24. The summed E-state index contributed by atoms with van der Waals surface area (Å²) in [6.07, 6.45) is 1.45. The number of alkyl halides is 1. The fourth-order valence-electron chi connectivity index (χ4n) is 1.70. The lowest BCUT2D eigenvalue weighted by Gasteiger charge is -2.14. The van der Waals surface area contributed by atoms with Crippen molar-refractivity contribution in [3.63, 3.8) is 0 Å². The Balaban J connectivity index is 2.84. The quantitative estimate of drug-likeness (QED) is 0.736. The van der Waals surface area contributed by atoms with Gasteiger partial charge in [0.25, 0.3) is 0 Å². The normalized spacial score (nSPS) is 12.2. The molecule has 0 radical (unpaired) electrons. The van der Waals surface area contributed by atoms with Crippen LogP contribution < -0.4 is 9.47 Å². The summed E-state index contributed by atoms with van der Waals surface area (Å²) in [5, 5.41) is 8.71. The summed E-state index contributed by atoms with van der Waals surface area (Å²) in [4.78, 5) is 0. The number of benzene rings is 1. The molecule has 1 unspecified atom stereocenters. The van der Waals surface area contributed by atoms with Gasteiger partial charge in [-0.3, -0.25) is 0 Å². The van der Waals surface area contributed by atoms with Crippen LogP contribution >= 0.6 is 11.6 Å². The summed E-state index contributed by atoms with van der Waals surface area (Å²) in [5.74, 6) is 1.47. The molecule has 0 heterocycles. The lowest BCUT2D eigenvalue weighted by molar-refractivity contribution is 0.283. The number of hydrogen-bond acceptors (Lipinski definition) is 3. The highest BCUT2D eigenvalue weighted by Crippen LogP contribution is 2.34. The molecular formula is C14H21ClO3. The van der Waals surface area contributed by atoms with Crippen molar-refractivity contribution >= 4 is 11.6 Å². The Kier molecular flexibility index (Phi) is 6.91. The third kappa shape index (κ3) is 4.39. The van der Waals surface area contributed by atoms with E-state index in [1.54, 1.807) is 0 Å². The Hall–Kier alpha value is -0.930.